The summed E-state index contributed by atoms with van der Waals surface area (Å²) >= 11 is 0. The summed E-state index contributed by atoms with van der Waals surface area (Å²) in [7, 11) is 0. The minimum Gasteiger partial charge on any atom is -2.00 e. The number of rotatable bonds is 0. The van der Waals surface area contributed by atoms with E-state index in [1.165, 1.54) is 0 Å². The molecule has 0 aliphatic carbocycles. The summed E-state index contributed by atoms with van der Waals surface area (Å²) in [5, 5.41) is 0. The summed E-state index contributed by atoms with van der Waals surface area (Å²) in [6, 6.07) is 0. The Kier molecular flexibility index (Phi) is 290. The van der Waals surface area contributed by atoms with Crippen LogP contribution in [0.5, 0.6) is 0 Å². The SMILES string of the molecule is [Cd+2].[S-2].[S-2].[S-2].[W+4]. The van der Waals surface area contributed by atoms with Crippen molar-refractivity contribution in [3.63, 3.8) is 0 Å². The third-order valence-electron chi connectivity index (χ3n) is 0. The second-order valence-corrected chi connectivity index (χ2v) is 0. The van der Waals surface area contributed by atoms with Gasteiger partial charge < -0.3 is 40.5 Å². The molecule has 0 aromatic carbocycles. The smallest absolute Gasteiger partial charge is 2.00 e. The van der Waals surface area contributed by atoms with Crippen LogP contribution in [0.1, 0.15) is 0 Å². The molecular weight excluding hydrogens is 392 g/mol. The Morgan fingerprint density at radius 2 is 0.600 bits per heavy atom. The maximum Gasteiger partial charge on any atom is 4.00 e. The van der Waals surface area contributed by atoms with Crippen LogP contribution in [0.4, 0.5) is 0 Å². The van der Waals surface area contributed by atoms with Crippen molar-refractivity contribution < 1.29 is 48.4 Å². The quantitative estimate of drug-likeness (QED) is 0.509. The predicted octanol–water partition coefficient (Wildman–Crippen LogP) is -0.0122. The number of hydrogen-bond acceptors (Lipinski definition) is 0. The van der Waals surface area contributed by atoms with Crippen LogP contribution in [0.3, 0.4) is 0 Å². The van der Waals surface area contributed by atoms with E-state index in [4.69, 9.17) is 0 Å². The van der Waals surface area contributed by atoms with Gasteiger partial charge in [-0.2, -0.15) is 0 Å². The van der Waals surface area contributed by atoms with E-state index < -0.39 is 0 Å². The van der Waals surface area contributed by atoms with Gasteiger partial charge in [0.25, 0.3) is 0 Å². The molecule has 0 rings (SSSR count). The van der Waals surface area contributed by atoms with E-state index in [1.54, 1.807) is 0 Å². The van der Waals surface area contributed by atoms with Gasteiger partial charge in [-0.3, -0.25) is 0 Å². The molecule has 0 saturated carbocycles. The fourth-order valence-electron chi connectivity index (χ4n) is 0. The molecular formula is CdS3W. The Morgan fingerprint density at radius 1 is 0.600 bits per heavy atom. The maximum atomic E-state index is 0. The predicted molar refractivity (Wildman–Crippen MR) is 22.1 cm³/mol. The first-order valence-electron chi connectivity index (χ1n) is 0. The largest absolute Gasteiger partial charge is 4.00 e. The van der Waals surface area contributed by atoms with Crippen LogP contribution in [0, 0.1) is 0 Å². The summed E-state index contributed by atoms with van der Waals surface area (Å²) in [5.41, 5.74) is 0. The van der Waals surface area contributed by atoms with E-state index in [2.05, 4.69) is 0 Å². The molecule has 0 saturated heterocycles. The van der Waals surface area contributed by atoms with E-state index in [9.17, 15) is 0 Å². The maximum absolute atomic E-state index is 0. The first-order valence-corrected chi connectivity index (χ1v) is 0. The Bertz CT molecular complexity index is 6.85. The van der Waals surface area contributed by atoms with Gasteiger partial charge in [-0.25, -0.2) is 0 Å². The third kappa shape index (κ3) is 20.4. The molecule has 0 aromatic rings. The molecule has 0 aliphatic rings. The molecule has 0 heterocycles. The van der Waals surface area contributed by atoms with Crippen LogP contribution in [0.25, 0.3) is 0 Å². The summed E-state index contributed by atoms with van der Waals surface area (Å²) in [4.78, 5) is 0. The van der Waals surface area contributed by atoms with Gasteiger partial charge in [0.2, 0.25) is 0 Å². The molecule has 0 aliphatic heterocycles. The van der Waals surface area contributed by atoms with Gasteiger partial charge in [0.1, 0.15) is 0 Å². The average Bonchev–Trinajstić information content (AvgIpc) is 0. The Balaban J connectivity index is 0. The second kappa shape index (κ2) is 30.2. The van der Waals surface area contributed by atoms with E-state index in [-0.39, 0.29) is 88.9 Å². The topological polar surface area (TPSA) is 0 Å². The van der Waals surface area contributed by atoms with Crippen molar-refractivity contribution in [3.05, 3.63) is 0 Å². The van der Waals surface area contributed by atoms with Crippen molar-refractivity contribution in [2.75, 3.05) is 0 Å². The molecule has 5 heavy (non-hydrogen) atoms. The Labute approximate surface area is 87.6 Å². The van der Waals surface area contributed by atoms with Gasteiger partial charge in [0.05, 0.1) is 0 Å². The molecule has 5 heteroatoms. The van der Waals surface area contributed by atoms with Gasteiger partial charge in [-0.05, 0) is 0 Å². The standard InChI is InChI=1S/Cd.3S.W/q+2;3*-2;+4. The molecule has 0 bridgehead atoms. The van der Waals surface area contributed by atoms with E-state index in [1.807, 2.05) is 0 Å². The molecule has 0 unspecified atom stereocenters. The van der Waals surface area contributed by atoms with E-state index in [0.29, 0.717) is 0 Å². The molecule has 0 aromatic heterocycles. The molecule has 0 amide bonds. The van der Waals surface area contributed by atoms with Crippen LogP contribution >= 0.6 is 0 Å². The zero-order chi connectivity index (χ0) is 0. The normalized spacial score (nSPS) is 0. The summed E-state index contributed by atoms with van der Waals surface area (Å²) < 4.78 is 0. The molecule has 26 valence electrons. The molecule has 0 radical (unpaired) electrons. The summed E-state index contributed by atoms with van der Waals surface area (Å²) in [6.45, 7) is 0. The molecule has 0 spiro atoms. The van der Waals surface area contributed by atoms with E-state index in [0.717, 1.165) is 0 Å². The first-order chi connectivity index (χ1) is 0. The van der Waals surface area contributed by atoms with Gasteiger partial charge in [-0.15, -0.1) is 0 Å². The van der Waals surface area contributed by atoms with Crippen LogP contribution in [-0.4, -0.2) is 0 Å². The van der Waals surface area contributed by atoms with Gasteiger partial charge in [-0.1, -0.05) is 0 Å². The van der Waals surface area contributed by atoms with Crippen molar-refractivity contribution >= 4 is 40.5 Å². The Hall–Kier alpha value is 2.66. The summed E-state index contributed by atoms with van der Waals surface area (Å²) in [6.07, 6.45) is 0. The zero-order valence-corrected chi connectivity index (χ0v) is 11.8. The van der Waals surface area contributed by atoms with Crippen molar-refractivity contribution in [3.8, 4) is 0 Å². The molecule has 0 nitrogen and oxygen atoms in total. The first kappa shape index (κ1) is 48.0. The van der Waals surface area contributed by atoms with Crippen molar-refractivity contribution in [1.82, 2.24) is 0 Å². The molecule has 0 N–H and O–H groups in total. The van der Waals surface area contributed by atoms with Crippen molar-refractivity contribution in [2.45, 2.75) is 0 Å². The third-order valence-corrected chi connectivity index (χ3v) is 0. The summed E-state index contributed by atoms with van der Waals surface area (Å²) in [5.74, 6) is 0. The molecule has 0 atom stereocenters. The van der Waals surface area contributed by atoms with Crippen LogP contribution in [0.15, 0.2) is 0 Å². The fraction of sp³-hybridized carbons (Fsp3) is 0. The van der Waals surface area contributed by atoms with Crippen molar-refractivity contribution in [1.29, 1.82) is 0 Å². The fourth-order valence-corrected chi connectivity index (χ4v) is 0. The average molecular weight is 392 g/mol. The molecule has 0 fully saturated rings. The number of hydrogen-bond donors (Lipinski definition) is 0. The van der Waals surface area contributed by atoms with Gasteiger partial charge in [0.15, 0.2) is 0 Å². The minimum atomic E-state index is 0. The monoisotopic (exact) mass is 394 g/mol. The van der Waals surface area contributed by atoms with Crippen LogP contribution in [0.2, 0.25) is 0 Å². The zero-order valence-electron chi connectivity index (χ0n) is 2.34. The van der Waals surface area contributed by atoms with Gasteiger partial charge >= 0.3 is 48.4 Å². The van der Waals surface area contributed by atoms with Crippen LogP contribution < -0.4 is 0 Å². The van der Waals surface area contributed by atoms with E-state index >= 15 is 0 Å². The minimum absolute atomic E-state index is 0. The van der Waals surface area contributed by atoms with Gasteiger partial charge in [0, 0.05) is 0 Å². The Morgan fingerprint density at radius 3 is 0.600 bits per heavy atom. The van der Waals surface area contributed by atoms with Crippen LogP contribution in [-0.2, 0) is 88.9 Å². The van der Waals surface area contributed by atoms with Crippen molar-refractivity contribution in [2.24, 2.45) is 0 Å². The second-order valence-electron chi connectivity index (χ2n) is 0.